The standard InChI is InChI=1S/C14H23NO2S/c1-5-14(3,4)11-15-12-7-9-13(10-8-12)18(16,17)6-2/h7-10,15H,5-6,11H2,1-4H3. The van der Waals surface area contributed by atoms with E-state index in [9.17, 15) is 8.42 Å². The van der Waals surface area contributed by atoms with Crippen molar-refractivity contribution in [3.8, 4) is 0 Å². The van der Waals surface area contributed by atoms with E-state index in [1.54, 1.807) is 19.1 Å². The summed E-state index contributed by atoms with van der Waals surface area (Å²) in [7, 11) is -3.09. The lowest BCUT2D eigenvalue weighted by Crippen LogP contribution is -2.21. The van der Waals surface area contributed by atoms with Gasteiger partial charge in [-0.1, -0.05) is 27.7 Å². The predicted molar refractivity (Wildman–Crippen MR) is 76.7 cm³/mol. The average Bonchev–Trinajstić information content (AvgIpc) is 2.37. The second-order valence-electron chi connectivity index (χ2n) is 5.30. The van der Waals surface area contributed by atoms with Crippen LogP contribution in [0.5, 0.6) is 0 Å². The van der Waals surface area contributed by atoms with Crippen molar-refractivity contribution in [2.75, 3.05) is 17.6 Å². The Morgan fingerprint density at radius 1 is 1.11 bits per heavy atom. The lowest BCUT2D eigenvalue weighted by molar-refractivity contribution is 0.377. The highest BCUT2D eigenvalue weighted by Gasteiger charge is 2.15. The molecule has 0 aromatic heterocycles. The van der Waals surface area contributed by atoms with Gasteiger partial charge in [-0.05, 0) is 36.1 Å². The Labute approximate surface area is 111 Å². The van der Waals surface area contributed by atoms with Gasteiger partial charge in [0, 0.05) is 12.2 Å². The number of nitrogens with one attached hydrogen (secondary N) is 1. The van der Waals surface area contributed by atoms with Crippen LogP contribution in [-0.4, -0.2) is 20.7 Å². The first-order chi connectivity index (χ1) is 8.30. The maximum Gasteiger partial charge on any atom is 0.178 e. The van der Waals surface area contributed by atoms with E-state index in [0.29, 0.717) is 4.90 Å². The number of benzene rings is 1. The molecule has 1 N–H and O–H groups in total. The van der Waals surface area contributed by atoms with Crippen LogP contribution in [-0.2, 0) is 9.84 Å². The van der Waals surface area contributed by atoms with Gasteiger partial charge in [-0.2, -0.15) is 0 Å². The Balaban J connectivity index is 2.73. The van der Waals surface area contributed by atoms with Crippen molar-refractivity contribution in [2.24, 2.45) is 5.41 Å². The zero-order valence-electron chi connectivity index (χ0n) is 11.7. The van der Waals surface area contributed by atoms with E-state index in [4.69, 9.17) is 0 Å². The van der Waals surface area contributed by atoms with E-state index >= 15 is 0 Å². The Bertz CT molecular complexity index is 475. The Kier molecular flexibility index (Phi) is 4.79. The first-order valence-corrected chi connectivity index (χ1v) is 8.02. The van der Waals surface area contributed by atoms with Crippen molar-refractivity contribution < 1.29 is 8.42 Å². The van der Waals surface area contributed by atoms with Gasteiger partial charge < -0.3 is 5.32 Å². The maximum absolute atomic E-state index is 11.7. The quantitative estimate of drug-likeness (QED) is 0.861. The molecule has 0 fully saturated rings. The molecule has 3 nitrogen and oxygen atoms in total. The van der Waals surface area contributed by atoms with E-state index < -0.39 is 9.84 Å². The SMILES string of the molecule is CCC(C)(C)CNc1ccc(S(=O)(=O)CC)cc1. The zero-order chi connectivity index (χ0) is 13.8. The Hall–Kier alpha value is -1.03. The minimum absolute atomic E-state index is 0.142. The number of anilines is 1. The van der Waals surface area contributed by atoms with Crippen molar-refractivity contribution in [1.82, 2.24) is 0 Å². The molecular weight excluding hydrogens is 246 g/mol. The van der Waals surface area contributed by atoms with Gasteiger partial charge in [0.25, 0.3) is 0 Å². The lowest BCUT2D eigenvalue weighted by Gasteiger charge is -2.23. The third kappa shape index (κ3) is 4.02. The van der Waals surface area contributed by atoms with Gasteiger partial charge in [0.2, 0.25) is 0 Å². The molecule has 0 spiro atoms. The molecule has 102 valence electrons. The van der Waals surface area contributed by atoms with Gasteiger partial charge in [-0.25, -0.2) is 8.42 Å². The first kappa shape index (κ1) is 15.0. The van der Waals surface area contributed by atoms with Crippen molar-refractivity contribution in [3.05, 3.63) is 24.3 Å². The van der Waals surface area contributed by atoms with Crippen LogP contribution < -0.4 is 5.32 Å². The van der Waals surface area contributed by atoms with E-state index in [1.165, 1.54) is 0 Å². The molecule has 1 aromatic carbocycles. The molecule has 0 heterocycles. The number of hydrogen-bond donors (Lipinski definition) is 1. The highest BCUT2D eigenvalue weighted by molar-refractivity contribution is 7.91. The average molecular weight is 269 g/mol. The summed E-state index contributed by atoms with van der Waals surface area (Å²) in [4.78, 5) is 0.394. The molecular formula is C14H23NO2S. The summed E-state index contributed by atoms with van der Waals surface area (Å²) < 4.78 is 23.3. The van der Waals surface area contributed by atoms with Crippen LogP contribution in [0, 0.1) is 5.41 Å². The molecule has 0 aliphatic carbocycles. The van der Waals surface area contributed by atoms with Crippen LogP contribution >= 0.6 is 0 Å². The van der Waals surface area contributed by atoms with Crippen molar-refractivity contribution >= 4 is 15.5 Å². The molecule has 0 aliphatic heterocycles. The van der Waals surface area contributed by atoms with Crippen molar-refractivity contribution in [2.45, 2.75) is 39.0 Å². The molecule has 4 heteroatoms. The van der Waals surface area contributed by atoms with Gasteiger partial charge in [0.05, 0.1) is 10.6 Å². The Morgan fingerprint density at radius 2 is 1.67 bits per heavy atom. The largest absolute Gasteiger partial charge is 0.385 e. The summed E-state index contributed by atoms with van der Waals surface area (Å²) in [6, 6.07) is 6.99. The summed E-state index contributed by atoms with van der Waals surface area (Å²) in [6.45, 7) is 9.11. The van der Waals surface area contributed by atoms with Crippen molar-refractivity contribution in [3.63, 3.8) is 0 Å². The minimum Gasteiger partial charge on any atom is -0.385 e. The summed E-state index contributed by atoms with van der Waals surface area (Å²) in [5.74, 6) is 0.142. The zero-order valence-corrected chi connectivity index (χ0v) is 12.5. The van der Waals surface area contributed by atoms with Crippen LogP contribution in [0.4, 0.5) is 5.69 Å². The van der Waals surface area contributed by atoms with Crippen LogP contribution in [0.2, 0.25) is 0 Å². The Morgan fingerprint density at radius 3 is 2.11 bits per heavy atom. The number of hydrogen-bond acceptors (Lipinski definition) is 3. The molecule has 1 aromatic rings. The number of rotatable bonds is 6. The monoisotopic (exact) mass is 269 g/mol. The second kappa shape index (κ2) is 5.74. The van der Waals surface area contributed by atoms with E-state index in [1.807, 2.05) is 12.1 Å². The van der Waals surface area contributed by atoms with Crippen LogP contribution in [0.15, 0.2) is 29.2 Å². The highest BCUT2D eigenvalue weighted by atomic mass is 32.2. The summed E-state index contributed by atoms with van der Waals surface area (Å²) in [5.41, 5.74) is 1.21. The molecule has 0 saturated carbocycles. The van der Waals surface area contributed by atoms with Gasteiger partial charge >= 0.3 is 0 Å². The molecule has 0 aliphatic rings. The van der Waals surface area contributed by atoms with Crippen LogP contribution in [0.1, 0.15) is 34.1 Å². The van der Waals surface area contributed by atoms with Crippen LogP contribution in [0.25, 0.3) is 0 Å². The van der Waals surface area contributed by atoms with Crippen LogP contribution in [0.3, 0.4) is 0 Å². The smallest absolute Gasteiger partial charge is 0.178 e. The van der Waals surface area contributed by atoms with Gasteiger partial charge in [-0.3, -0.25) is 0 Å². The summed E-state index contributed by atoms with van der Waals surface area (Å²) in [6.07, 6.45) is 1.10. The predicted octanol–water partition coefficient (Wildman–Crippen LogP) is 3.33. The molecule has 1 rings (SSSR count). The first-order valence-electron chi connectivity index (χ1n) is 6.37. The summed E-state index contributed by atoms with van der Waals surface area (Å²) in [5, 5.41) is 3.34. The van der Waals surface area contributed by atoms with Gasteiger partial charge in [-0.15, -0.1) is 0 Å². The summed E-state index contributed by atoms with van der Waals surface area (Å²) >= 11 is 0. The van der Waals surface area contributed by atoms with Gasteiger partial charge in [0.15, 0.2) is 9.84 Å². The fourth-order valence-corrected chi connectivity index (χ4v) is 2.30. The maximum atomic E-state index is 11.7. The highest BCUT2D eigenvalue weighted by Crippen LogP contribution is 2.21. The fraction of sp³-hybridized carbons (Fsp3) is 0.571. The molecule has 0 atom stereocenters. The van der Waals surface area contributed by atoms with E-state index in [-0.39, 0.29) is 11.2 Å². The number of sulfone groups is 1. The molecule has 0 bridgehead atoms. The topological polar surface area (TPSA) is 46.2 Å². The van der Waals surface area contributed by atoms with Crippen molar-refractivity contribution in [1.29, 1.82) is 0 Å². The van der Waals surface area contributed by atoms with E-state index in [0.717, 1.165) is 18.7 Å². The van der Waals surface area contributed by atoms with Gasteiger partial charge in [0.1, 0.15) is 0 Å². The fourth-order valence-electron chi connectivity index (χ4n) is 1.41. The molecule has 0 radical (unpaired) electrons. The normalized spacial score (nSPS) is 12.4. The third-order valence-electron chi connectivity index (χ3n) is 3.32. The van der Waals surface area contributed by atoms with E-state index in [2.05, 4.69) is 26.1 Å². The molecule has 0 amide bonds. The second-order valence-corrected chi connectivity index (χ2v) is 7.58. The molecule has 18 heavy (non-hydrogen) atoms. The minimum atomic E-state index is -3.09. The lowest BCUT2D eigenvalue weighted by atomic mass is 9.90. The molecule has 0 saturated heterocycles. The molecule has 0 unspecified atom stereocenters. The third-order valence-corrected chi connectivity index (χ3v) is 5.07.